The van der Waals surface area contributed by atoms with E-state index in [9.17, 15) is 5.26 Å². The molecule has 3 nitrogen and oxygen atoms in total. The first-order valence-corrected chi connectivity index (χ1v) is 7.75. The van der Waals surface area contributed by atoms with E-state index in [-0.39, 0.29) is 5.54 Å². The van der Waals surface area contributed by atoms with Crippen molar-refractivity contribution in [1.82, 2.24) is 0 Å². The van der Waals surface area contributed by atoms with E-state index in [0.29, 0.717) is 11.8 Å². The van der Waals surface area contributed by atoms with Crippen LogP contribution in [0.1, 0.15) is 32.1 Å². The van der Waals surface area contributed by atoms with Gasteiger partial charge in [-0.3, -0.25) is 0 Å². The first-order valence-electron chi connectivity index (χ1n) is 7.75. The third-order valence-corrected chi connectivity index (χ3v) is 5.91. The summed E-state index contributed by atoms with van der Waals surface area (Å²) in [5, 5.41) is 13.5. The van der Waals surface area contributed by atoms with Gasteiger partial charge in [-0.2, -0.15) is 5.26 Å². The van der Waals surface area contributed by atoms with Crippen molar-refractivity contribution >= 4 is 11.4 Å². The van der Waals surface area contributed by atoms with E-state index >= 15 is 0 Å². The highest BCUT2D eigenvalue weighted by Crippen LogP contribution is 2.59. The van der Waals surface area contributed by atoms with Crippen molar-refractivity contribution in [2.45, 2.75) is 37.6 Å². The molecule has 1 aromatic carbocycles. The Morgan fingerprint density at radius 2 is 1.65 bits per heavy atom. The predicted octanol–water partition coefficient (Wildman–Crippen LogP) is 3.40. The Kier molecular flexibility index (Phi) is 2.51. The summed E-state index contributed by atoms with van der Waals surface area (Å²) in [7, 11) is 0. The minimum Gasteiger partial charge on any atom is -0.397 e. The number of hydrogen-bond donors (Lipinski definition) is 2. The summed E-state index contributed by atoms with van der Waals surface area (Å²) in [6, 6.07) is 10.5. The highest BCUT2D eigenvalue weighted by Gasteiger charge is 2.57. The smallest absolute Gasteiger partial charge is 0.131 e. The van der Waals surface area contributed by atoms with Crippen LogP contribution in [0.4, 0.5) is 11.4 Å². The van der Waals surface area contributed by atoms with Crippen LogP contribution in [0.2, 0.25) is 0 Å². The van der Waals surface area contributed by atoms with Gasteiger partial charge in [0.25, 0.3) is 0 Å². The molecule has 0 saturated heterocycles. The van der Waals surface area contributed by atoms with Crippen molar-refractivity contribution in [1.29, 1.82) is 5.26 Å². The second-order valence-electron chi connectivity index (χ2n) is 7.00. The number of rotatable bonds is 2. The fourth-order valence-electron chi connectivity index (χ4n) is 5.18. The van der Waals surface area contributed by atoms with Gasteiger partial charge in [-0.05, 0) is 67.9 Å². The molecule has 3 N–H and O–H groups in total. The van der Waals surface area contributed by atoms with Crippen LogP contribution in [0.5, 0.6) is 0 Å². The van der Waals surface area contributed by atoms with Gasteiger partial charge in [-0.25, -0.2) is 0 Å². The first-order chi connectivity index (χ1) is 9.71. The first kappa shape index (κ1) is 12.1. The van der Waals surface area contributed by atoms with E-state index in [1.54, 1.807) is 0 Å². The molecule has 4 aliphatic carbocycles. The van der Waals surface area contributed by atoms with Crippen LogP contribution in [0.25, 0.3) is 0 Å². The molecule has 5 rings (SSSR count). The average Bonchev–Trinajstić information content (AvgIpc) is 2.44. The molecule has 0 amide bonds. The Hall–Kier alpha value is -1.69. The minimum atomic E-state index is -0.386. The molecule has 0 atom stereocenters. The lowest BCUT2D eigenvalue weighted by molar-refractivity contribution is -0.0206. The third-order valence-electron chi connectivity index (χ3n) is 5.91. The molecule has 0 unspecified atom stereocenters. The number of nitriles is 1. The van der Waals surface area contributed by atoms with Crippen LogP contribution in [0.15, 0.2) is 24.3 Å². The Bertz CT molecular complexity index is 544. The highest BCUT2D eigenvalue weighted by atomic mass is 15.0. The lowest BCUT2D eigenvalue weighted by Crippen LogP contribution is -2.61. The van der Waals surface area contributed by atoms with Gasteiger partial charge in [0, 0.05) is 0 Å². The van der Waals surface area contributed by atoms with E-state index in [1.807, 2.05) is 24.3 Å². The maximum absolute atomic E-state index is 9.95. The van der Waals surface area contributed by atoms with Gasteiger partial charge >= 0.3 is 0 Å². The summed E-state index contributed by atoms with van der Waals surface area (Å²) in [6.45, 7) is 0. The van der Waals surface area contributed by atoms with Crippen LogP contribution in [-0.2, 0) is 0 Å². The van der Waals surface area contributed by atoms with E-state index < -0.39 is 0 Å². The lowest BCUT2D eigenvalue weighted by Gasteiger charge is -2.58. The second-order valence-corrected chi connectivity index (χ2v) is 7.00. The Morgan fingerprint density at radius 3 is 2.20 bits per heavy atom. The molecule has 0 spiro atoms. The number of nitrogens with zero attached hydrogens (tertiary/aromatic N) is 1. The summed E-state index contributed by atoms with van der Waals surface area (Å²) in [5.41, 5.74) is 7.36. The van der Waals surface area contributed by atoms with Crippen LogP contribution >= 0.6 is 0 Å². The zero-order valence-electron chi connectivity index (χ0n) is 11.7. The van der Waals surface area contributed by atoms with Crippen LogP contribution in [0, 0.1) is 35.0 Å². The fourth-order valence-corrected chi connectivity index (χ4v) is 5.18. The van der Waals surface area contributed by atoms with Gasteiger partial charge in [0.2, 0.25) is 0 Å². The summed E-state index contributed by atoms with van der Waals surface area (Å²) in [6.07, 6.45) is 6.29. The van der Waals surface area contributed by atoms with Gasteiger partial charge in [0.05, 0.1) is 17.4 Å². The quantitative estimate of drug-likeness (QED) is 0.807. The number of benzene rings is 1. The minimum absolute atomic E-state index is 0.386. The second kappa shape index (κ2) is 4.15. The SMILES string of the molecule is N#CC1(Nc2ccccc2N)C2CC3CC(C2)CC1C3. The molecule has 1 aromatic rings. The molecule has 4 saturated carbocycles. The lowest BCUT2D eigenvalue weighted by atomic mass is 9.49. The van der Waals surface area contributed by atoms with Crippen LogP contribution in [0.3, 0.4) is 0 Å². The zero-order chi connectivity index (χ0) is 13.7. The van der Waals surface area contributed by atoms with Crippen molar-refractivity contribution in [2.24, 2.45) is 23.7 Å². The Balaban J connectivity index is 1.71. The van der Waals surface area contributed by atoms with E-state index in [4.69, 9.17) is 5.73 Å². The molecule has 4 bridgehead atoms. The summed E-state index contributed by atoms with van der Waals surface area (Å²) in [5.74, 6) is 2.74. The maximum Gasteiger partial charge on any atom is 0.131 e. The Morgan fingerprint density at radius 1 is 1.05 bits per heavy atom. The molecule has 4 fully saturated rings. The van der Waals surface area contributed by atoms with Crippen molar-refractivity contribution in [3.8, 4) is 6.07 Å². The predicted molar refractivity (Wildman–Crippen MR) is 79.9 cm³/mol. The highest BCUT2D eigenvalue weighted by molar-refractivity contribution is 5.67. The molecule has 104 valence electrons. The normalized spacial score (nSPS) is 41.4. The van der Waals surface area contributed by atoms with Crippen LogP contribution in [-0.4, -0.2) is 5.54 Å². The van der Waals surface area contributed by atoms with E-state index in [0.717, 1.165) is 23.2 Å². The summed E-state index contributed by atoms with van der Waals surface area (Å²) < 4.78 is 0. The van der Waals surface area contributed by atoms with Crippen molar-refractivity contribution in [2.75, 3.05) is 11.1 Å². The largest absolute Gasteiger partial charge is 0.397 e. The standard InChI is InChI=1S/C17H21N3/c18-10-17(20-16-4-2-1-3-15(16)19)13-6-11-5-12(8-13)9-14(17)7-11/h1-4,11-14,20H,5-9,19H2. The van der Waals surface area contributed by atoms with Gasteiger partial charge in [-0.15, -0.1) is 0 Å². The van der Waals surface area contributed by atoms with E-state index in [2.05, 4.69) is 11.4 Å². The van der Waals surface area contributed by atoms with Crippen LogP contribution < -0.4 is 11.1 Å². The third kappa shape index (κ3) is 1.57. The number of hydrogen-bond acceptors (Lipinski definition) is 3. The zero-order valence-corrected chi connectivity index (χ0v) is 11.7. The maximum atomic E-state index is 9.95. The van der Waals surface area contributed by atoms with Gasteiger partial charge in [0.15, 0.2) is 0 Å². The van der Waals surface area contributed by atoms with Gasteiger partial charge in [-0.1, -0.05) is 12.1 Å². The molecule has 4 aliphatic rings. The molecule has 0 aliphatic heterocycles. The summed E-state index contributed by atoms with van der Waals surface area (Å²) in [4.78, 5) is 0. The monoisotopic (exact) mass is 267 g/mol. The average molecular weight is 267 g/mol. The Labute approximate surface area is 120 Å². The van der Waals surface area contributed by atoms with Gasteiger partial charge < -0.3 is 11.1 Å². The number of anilines is 2. The fraction of sp³-hybridized carbons (Fsp3) is 0.588. The van der Waals surface area contributed by atoms with Crippen molar-refractivity contribution in [3.05, 3.63) is 24.3 Å². The molecule has 0 heterocycles. The number of nitrogens with two attached hydrogens (primary N) is 1. The molecular formula is C17H21N3. The summed E-state index contributed by atoms with van der Waals surface area (Å²) >= 11 is 0. The number of para-hydroxylation sites is 2. The van der Waals surface area contributed by atoms with E-state index in [1.165, 1.54) is 32.1 Å². The number of nitrogen functional groups attached to an aromatic ring is 1. The molecule has 20 heavy (non-hydrogen) atoms. The molecule has 0 aromatic heterocycles. The van der Waals surface area contributed by atoms with Gasteiger partial charge in [0.1, 0.15) is 5.54 Å². The topological polar surface area (TPSA) is 61.8 Å². The molecular weight excluding hydrogens is 246 g/mol. The van der Waals surface area contributed by atoms with Crippen molar-refractivity contribution in [3.63, 3.8) is 0 Å². The molecule has 3 heteroatoms. The number of nitrogens with one attached hydrogen (secondary N) is 1. The van der Waals surface area contributed by atoms with Crippen molar-refractivity contribution < 1.29 is 0 Å². The molecule has 0 radical (unpaired) electrons.